The minimum Gasteiger partial charge on any atom is -0.449 e. The van der Waals surface area contributed by atoms with Crippen LogP contribution < -0.4 is 4.74 Å². The molecule has 2 aromatic rings. The number of hydrogen-bond acceptors (Lipinski definition) is 5. The van der Waals surface area contributed by atoms with Crippen molar-refractivity contribution in [2.45, 2.75) is 12.6 Å². The molecule has 0 aliphatic carbocycles. The third kappa shape index (κ3) is 3.84. The van der Waals surface area contributed by atoms with Gasteiger partial charge in [-0.2, -0.15) is 0 Å². The number of ether oxygens (including phenoxy) is 1. The molecule has 1 atom stereocenters. The summed E-state index contributed by atoms with van der Waals surface area (Å²) in [4.78, 5) is 16.7. The predicted octanol–water partition coefficient (Wildman–Crippen LogP) is 4.16. The van der Waals surface area contributed by atoms with E-state index in [2.05, 4.69) is 15.0 Å². The molecule has 2 rings (SSSR count). The van der Waals surface area contributed by atoms with Crippen molar-refractivity contribution < 1.29 is 9.66 Å². The lowest BCUT2D eigenvalue weighted by atomic mass is 10.1. The third-order valence-corrected chi connectivity index (χ3v) is 3.54. The van der Waals surface area contributed by atoms with E-state index in [1.807, 2.05) is 0 Å². The van der Waals surface area contributed by atoms with Crippen LogP contribution >= 0.6 is 23.2 Å². The van der Waals surface area contributed by atoms with E-state index in [-0.39, 0.29) is 18.4 Å². The molecule has 11 heteroatoms. The summed E-state index contributed by atoms with van der Waals surface area (Å²) in [6, 6.07) is 4.07. The molecular formula is C12H10Cl2N6O3. The molecule has 0 saturated heterocycles. The number of imidazole rings is 1. The lowest BCUT2D eigenvalue weighted by molar-refractivity contribution is -0.389. The van der Waals surface area contributed by atoms with Gasteiger partial charge in [-0.25, -0.2) is 0 Å². The summed E-state index contributed by atoms with van der Waals surface area (Å²) in [5, 5.41) is 15.3. The number of azide groups is 1. The van der Waals surface area contributed by atoms with Crippen LogP contribution in [0.1, 0.15) is 11.6 Å². The first kappa shape index (κ1) is 16.9. The summed E-state index contributed by atoms with van der Waals surface area (Å²) in [5.41, 5.74) is 9.30. The van der Waals surface area contributed by atoms with Crippen LogP contribution in [-0.2, 0) is 6.54 Å². The van der Waals surface area contributed by atoms with Crippen molar-refractivity contribution in [3.8, 4) is 6.01 Å². The van der Waals surface area contributed by atoms with Crippen molar-refractivity contribution in [1.82, 2.24) is 9.55 Å². The van der Waals surface area contributed by atoms with Crippen LogP contribution in [0.2, 0.25) is 10.0 Å². The number of hydrogen-bond donors (Lipinski definition) is 0. The molecule has 0 radical (unpaired) electrons. The van der Waals surface area contributed by atoms with Gasteiger partial charge in [0.05, 0.1) is 13.2 Å². The van der Waals surface area contributed by atoms with E-state index in [0.29, 0.717) is 15.6 Å². The summed E-state index contributed by atoms with van der Waals surface area (Å²) in [5.74, 6) is -0.372. The van der Waals surface area contributed by atoms with Crippen LogP contribution in [0.5, 0.6) is 6.01 Å². The molecule has 0 fully saturated rings. The fraction of sp³-hybridized carbons (Fsp3) is 0.250. The van der Waals surface area contributed by atoms with Gasteiger partial charge in [0.15, 0.2) is 0 Å². The zero-order valence-electron chi connectivity index (χ0n) is 11.8. The summed E-state index contributed by atoms with van der Waals surface area (Å²) >= 11 is 12.0. The van der Waals surface area contributed by atoms with Gasteiger partial charge in [0.1, 0.15) is 6.20 Å². The van der Waals surface area contributed by atoms with Gasteiger partial charge in [-0.15, -0.1) is 0 Å². The molecule has 1 heterocycles. The van der Waals surface area contributed by atoms with Crippen molar-refractivity contribution in [2.75, 3.05) is 7.11 Å². The van der Waals surface area contributed by atoms with Crippen LogP contribution in [0.3, 0.4) is 0 Å². The van der Waals surface area contributed by atoms with Gasteiger partial charge in [0, 0.05) is 26.5 Å². The molecule has 0 aliphatic rings. The van der Waals surface area contributed by atoms with Gasteiger partial charge in [-0.05, 0) is 28.2 Å². The molecular weight excluding hydrogens is 347 g/mol. The van der Waals surface area contributed by atoms with E-state index in [9.17, 15) is 10.1 Å². The van der Waals surface area contributed by atoms with E-state index in [0.717, 1.165) is 0 Å². The SMILES string of the molecule is COc1nc([N+](=O)[O-])cn1CC(N=[N+]=[N-])c1ccc(Cl)cc1Cl. The molecule has 1 aromatic heterocycles. The minimum atomic E-state index is -0.715. The Hall–Kier alpha value is -2.48. The molecule has 23 heavy (non-hydrogen) atoms. The van der Waals surface area contributed by atoms with Crippen molar-refractivity contribution in [3.05, 3.63) is 60.6 Å². The Morgan fingerprint density at radius 3 is 2.87 bits per heavy atom. The van der Waals surface area contributed by atoms with Gasteiger partial charge >= 0.3 is 11.8 Å². The zero-order chi connectivity index (χ0) is 17.0. The first-order valence-electron chi connectivity index (χ1n) is 6.21. The maximum Gasteiger partial charge on any atom is 0.413 e. The highest BCUT2D eigenvalue weighted by Crippen LogP contribution is 2.31. The fourth-order valence-electron chi connectivity index (χ4n) is 1.98. The first-order valence-corrected chi connectivity index (χ1v) is 6.96. The molecule has 0 aliphatic heterocycles. The number of benzene rings is 1. The molecule has 1 unspecified atom stereocenters. The Labute approximate surface area is 140 Å². The summed E-state index contributed by atoms with van der Waals surface area (Å²) < 4.78 is 6.38. The average Bonchev–Trinajstić information content (AvgIpc) is 2.90. The summed E-state index contributed by atoms with van der Waals surface area (Å²) in [7, 11) is 1.33. The van der Waals surface area contributed by atoms with Gasteiger partial charge in [0.2, 0.25) is 0 Å². The monoisotopic (exact) mass is 356 g/mol. The molecule has 9 nitrogen and oxygen atoms in total. The van der Waals surface area contributed by atoms with E-state index < -0.39 is 11.0 Å². The van der Waals surface area contributed by atoms with Crippen LogP contribution in [0.4, 0.5) is 5.82 Å². The quantitative estimate of drug-likeness (QED) is 0.253. The van der Waals surface area contributed by atoms with Gasteiger partial charge in [-0.1, -0.05) is 34.4 Å². The molecule has 0 amide bonds. The Kier molecular flexibility index (Phi) is 5.28. The molecule has 1 aromatic carbocycles. The van der Waals surface area contributed by atoms with E-state index in [4.69, 9.17) is 33.5 Å². The Bertz CT molecular complexity index is 787. The van der Waals surface area contributed by atoms with Crippen molar-refractivity contribution >= 4 is 29.0 Å². The Morgan fingerprint density at radius 2 is 2.30 bits per heavy atom. The number of aromatic nitrogens is 2. The highest BCUT2D eigenvalue weighted by molar-refractivity contribution is 6.35. The maximum atomic E-state index is 10.8. The summed E-state index contributed by atoms with van der Waals surface area (Å²) in [6.07, 6.45) is 1.20. The normalized spacial score (nSPS) is 11.6. The van der Waals surface area contributed by atoms with Crippen molar-refractivity contribution in [3.63, 3.8) is 0 Å². The predicted molar refractivity (Wildman–Crippen MR) is 83.8 cm³/mol. The Balaban J connectivity index is 2.40. The summed E-state index contributed by atoms with van der Waals surface area (Å²) in [6.45, 7) is 0.0649. The second kappa shape index (κ2) is 7.19. The number of nitro groups is 1. The standard InChI is InChI=1S/C12H10Cl2N6O3/c1-23-12-16-11(20(21)22)6-19(12)5-10(17-18-15)8-3-2-7(13)4-9(8)14/h2-4,6,10H,5H2,1H3. The second-order valence-corrected chi connectivity index (χ2v) is 5.23. The van der Waals surface area contributed by atoms with Gasteiger partial charge in [0.25, 0.3) is 0 Å². The molecule has 120 valence electrons. The van der Waals surface area contributed by atoms with Crippen LogP contribution in [0.15, 0.2) is 29.5 Å². The lowest BCUT2D eigenvalue weighted by Gasteiger charge is -2.14. The minimum absolute atomic E-state index is 0.0277. The van der Waals surface area contributed by atoms with Gasteiger partial charge in [-0.3, -0.25) is 4.57 Å². The highest BCUT2D eigenvalue weighted by atomic mass is 35.5. The van der Waals surface area contributed by atoms with E-state index >= 15 is 0 Å². The molecule has 0 spiro atoms. The topological polar surface area (TPSA) is 119 Å². The second-order valence-electron chi connectivity index (χ2n) is 4.38. The smallest absolute Gasteiger partial charge is 0.413 e. The highest BCUT2D eigenvalue weighted by Gasteiger charge is 2.23. The average molecular weight is 357 g/mol. The van der Waals surface area contributed by atoms with E-state index in [1.54, 1.807) is 12.1 Å². The fourth-order valence-corrected chi connectivity index (χ4v) is 2.52. The van der Waals surface area contributed by atoms with Crippen molar-refractivity contribution in [2.24, 2.45) is 5.11 Å². The number of halogens is 2. The van der Waals surface area contributed by atoms with E-state index in [1.165, 1.54) is 23.9 Å². The number of rotatable bonds is 6. The third-order valence-electron chi connectivity index (χ3n) is 2.98. The molecule has 0 saturated carbocycles. The lowest BCUT2D eigenvalue weighted by Crippen LogP contribution is -2.08. The number of methoxy groups -OCH3 is 1. The zero-order valence-corrected chi connectivity index (χ0v) is 13.3. The van der Waals surface area contributed by atoms with Crippen LogP contribution in [0.25, 0.3) is 10.4 Å². The molecule has 0 N–H and O–H groups in total. The number of nitrogens with zero attached hydrogens (tertiary/aromatic N) is 6. The molecule has 0 bridgehead atoms. The Morgan fingerprint density at radius 1 is 1.57 bits per heavy atom. The van der Waals surface area contributed by atoms with Crippen LogP contribution in [-0.4, -0.2) is 21.6 Å². The maximum absolute atomic E-state index is 10.8. The van der Waals surface area contributed by atoms with Crippen LogP contribution in [0, 0.1) is 10.1 Å². The first-order chi connectivity index (χ1) is 11.0. The van der Waals surface area contributed by atoms with Crippen molar-refractivity contribution in [1.29, 1.82) is 0 Å². The van der Waals surface area contributed by atoms with Gasteiger partial charge < -0.3 is 14.9 Å². The largest absolute Gasteiger partial charge is 0.449 e.